The highest BCUT2D eigenvalue weighted by atomic mass is 19.4. The number of likely N-dealkylation sites (tertiary alicyclic amines) is 1. The van der Waals surface area contributed by atoms with Gasteiger partial charge in [0.25, 0.3) is 0 Å². The Kier molecular flexibility index (Phi) is 5.43. The summed E-state index contributed by atoms with van der Waals surface area (Å²) in [6, 6.07) is 9.90. The van der Waals surface area contributed by atoms with Gasteiger partial charge < -0.3 is 5.32 Å². The number of halogens is 3. The summed E-state index contributed by atoms with van der Waals surface area (Å²) in [7, 11) is 0. The van der Waals surface area contributed by atoms with Gasteiger partial charge in [-0.25, -0.2) is 0 Å². The normalized spacial score (nSPS) is 23.2. The molecule has 120 valence electrons. The molecule has 0 saturated carbocycles. The monoisotopic (exact) mass is 311 g/mol. The minimum Gasteiger partial charge on any atom is -0.305 e. The summed E-state index contributed by atoms with van der Waals surface area (Å²) >= 11 is 0. The van der Waals surface area contributed by atoms with Crippen molar-refractivity contribution in [1.29, 1.82) is 5.26 Å². The third kappa shape index (κ3) is 5.00. The molecular weight excluding hydrogens is 291 g/mol. The summed E-state index contributed by atoms with van der Waals surface area (Å²) in [6.45, 7) is 2.44. The molecule has 1 saturated heterocycles. The first-order valence-corrected chi connectivity index (χ1v) is 7.33. The Labute approximate surface area is 128 Å². The summed E-state index contributed by atoms with van der Waals surface area (Å²) < 4.78 is 37.2. The fraction of sp³-hybridized carbons (Fsp3) is 0.562. The van der Waals surface area contributed by atoms with Crippen molar-refractivity contribution in [2.24, 2.45) is 0 Å². The number of nitriles is 1. The van der Waals surface area contributed by atoms with E-state index < -0.39 is 12.7 Å². The summed E-state index contributed by atoms with van der Waals surface area (Å²) in [5.41, 5.74) is 2.27. The minimum atomic E-state index is -4.21. The lowest BCUT2D eigenvalue weighted by atomic mass is 9.87. The van der Waals surface area contributed by atoms with Crippen LogP contribution in [0.2, 0.25) is 0 Å². The number of benzene rings is 1. The standard InChI is InChI=1S/C16H20F3N3/c1-12-2-4-13(5-3-12)14-8-15(21-11-16(17,18)19)10-22(9-14)7-6-20/h2-5,14-15,21H,7-11H2,1H3. The van der Waals surface area contributed by atoms with Gasteiger partial charge in [-0.05, 0) is 24.8 Å². The molecule has 22 heavy (non-hydrogen) atoms. The Balaban J connectivity index is 2.06. The third-order valence-electron chi connectivity index (χ3n) is 3.96. The molecule has 1 aromatic carbocycles. The van der Waals surface area contributed by atoms with Crippen molar-refractivity contribution in [2.45, 2.75) is 31.5 Å². The predicted octanol–water partition coefficient (Wildman–Crippen LogP) is 2.83. The molecule has 3 nitrogen and oxygen atoms in total. The Hall–Kier alpha value is -1.58. The van der Waals surface area contributed by atoms with Gasteiger partial charge in [-0.1, -0.05) is 29.8 Å². The van der Waals surface area contributed by atoms with Crippen LogP contribution in [0.4, 0.5) is 13.2 Å². The fourth-order valence-electron chi connectivity index (χ4n) is 2.91. The van der Waals surface area contributed by atoms with Crippen LogP contribution in [0.25, 0.3) is 0 Å². The molecule has 0 bridgehead atoms. The minimum absolute atomic E-state index is 0.147. The number of aryl methyl sites for hydroxylation is 1. The summed E-state index contributed by atoms with van der Waals surface area (Å²) in [5.74, 6) is 0.147. The van der Waals surface area contributed by atoms with Crippen molar-refractivity contribution in [2.75, 3.05) is 26.2 Å². The molecule has 0 radical (unpaired) electrons. The molecule has 6 heteroatoms. The Bertz CT molecular complexity index is 519. The van der Waals surface area contributed by atoms with E-state index in [0.29, 0.717) is 19.5 Å². The molecule has 2 rings (SSSR count). The van der Waals surface area contributed by atoms with E-state index in [1.807, 2.05) is 36.1 Å². The van der Waals surface area contributed by atoms with Crippen molar-refractivity contribution in [3.8, 4) is 6.07 Å². The van der Waals surface area contributed by atoms with Crippen LogP contribution in [0.3, 0.4) is 0 Å². The maximum absolute atomic E-state index is 12.4. The second-order valence-electron chi connectivity index (χ2n) is 5.89. The summed E-state index contributed by atoms with van der Waals surface area (Å²) in [5, 5.41) is 11.5. The molecular formula is C16H20F3N3. The molecule has 0 aromatic heterocycles. The predicted molar refractivity (Wildman–Crippen MR) is 78.4 cm³/mol. The van der Waals surface area contributed by atoms with E-state index in [4.69, 9.17) is 5.26 Å². The number of piperidine rings is 1. The van der Waals surface area contributed by atoms with E-state index >= 15 is 0 Å². The summed E-state index contributed by atoms with van der Waals surface area (Å²) in [4.78, 5) is 1.92. The number of alkyl halides is 3. The van der Waals surface area contributed by atoms with E-state index in [1.54, 1.807) is 0 Å². The first-order valence-electron chi connectivity index (χ1n) is 7.33. The number of rotatable bonds is 4. The Morgan fingerprint density at radius 1 is 1.27 bits per heavy atom. The average Bonchev–Trinajstić information content (AvgIpc) is 2.45. The molecule has 2 atom stereocenters. The van der Waals surface area contributed by atoms with Crippen LogP contribution in [0, 0.1) is 18.3 Å². The van der Waals surface area contributed by atoms with E-state index in [2.05, 4.69) is 11.4 Å². The molecule has 0 amide bonds. The number of nitrogens with one attached hydrogen (secondary N) is 1. The quantitative estimate of drug-likeness (QED) is 0.869. The van der Waals surface area contributed by atoms with Crippen LogP contribution in [0.1, 0.15) is 23.5 Å². The van der Waals surface area contributed by atoms with Gasteiger partial charge in [0.1, 0.15) is 0 Å². The average molecular weight is 311 g/mol. The Morgan fingerprint density at radius 3 is 2.55 bits per heavy atom. The highest BCUT2D eigenvalue weighted by molar-refractivity contribution is 5.25. The van der Waals surface area contributed by atoms with E-state index in [-0.39, 0.29) is 18.5 Å². The van der Waals surface area contributed by atoms with Crippen LogP contribution in [0.15, 0.2) is 24.3 Å². The molecule has 1 aliphatic rings. The number of hydrogen-bond donors (Lipinski definition) is 1. The molecule has 2 unspecified atom stereocenters. The van der Waals surface area contributed by atoms with Gasteiger partial charge in [-0.2, -0.15) is 18.4 Å². The van der Waals surface area contributed by atoms with E-state index in [1.165, 1.54) is 0 Å². The Morgan fingerprint density at radius 2 is 1.95 bits per heavy atom. The lowest BCUT2D eigenvalue weighted by molar-refractivity contribution is -0.127. The zero-order chi connectivity index (χ0) is 16.2. The van der Waals surface area contributed by atoms with Crippen molar-refractivity contribution in [3.63, 3.8) is 0 Å². The smallest absolute Gasteiger partial charge is 0.305 e. The van der Waals surface area contributed by atoms with E-state index in [9.17, 15) is 13.2 Å². The highest BCUT2D eigenvalue weighted by Gasteiger charge is 2.32. The molecule has 1 aliphatic heterocycles. The first-order chi connectivity index (χ1) is 10.4. The largest absolute Gasteiger partial charge is 0.401 e. The van der Waals surface area contributed by atoms with Gasteiger partial charge in [0.2, 0.25) is 0 Å². The topological polar surface area (TPSA) is 39.1 Å². The van der Waals surface area contributed by atoms with Gasteiger partial charge in [-0.3, -0.25) is 4.90 Å². The van der Waals surface area contributed by atoms with Gasteiger partial charge in [0, 0.05) is 19.1 Å². The van der Waals surface area contributed by atoms with Crippen LogP contribution >= 0.6 is 0 Å². The third-order valence-corrected chi connectivity index (χ3v) is 3.96. The SMILES string of the molecule is Cc1ccc(C2CC(NCC(F)(F)F)CN(CC#N)C2)cc1. The number of hydrogen-bond acceptors (Lipinski definition) is 3. The zero-order valence-electron chi connectivity index (χ0n) is 12.5. The first kappa shape index (κ1) is 16.8. The van der Waals surface area contributed by atoms with Crippen molar-refractivity contribution >= 4 is 0 Å². The maximum atomic E-state index is 12.4. The van der Waals surface area contributed by atoms with Crippen LogP contribution in [-0.4, -0.2) is 43.3 Å². The van der Waals surface area contributed by atoms with Crippen LogP contribution in [-0.2, 0) is 0 Å². The molecule has 1 heterocycles. The van der Waals surface area contributed by atoms with Crippen molar-refractivity contribution in [1.82, 2.24) is 10.2 Å². The van der Waals surface area contributed by atoms with Crippen molar-refractivity contribution < 1.29 is 13.2 Å². The molecule has 1 aromatic rings. The fourth-order valence-corrected chi connectivity index (χ4v) is 2.91. The lowest BCUT2D eigenvalue weighted by Gasteiger charge is -2.37. The maximum Gasteiger partial charge on any atom is 0.401 e. The zero-order valence-corrected chi connectivity index (χ0v) is 12.5. The van der Waals surface area contributed by atoms with Crippen LogP contribution < -0.4 is 5.32 Å². The van der Waals surface area contributed by atoms with E-state index in [0.717, 1.165) is 11.1 Å². The second-order valence-corrected chi connectivity index (χ2v) is 5.89. The highest BCUT2D eigenvalue weighted by Crippen LogP contribution is 2.27. The molecule has 0 aliphatic carbocycles. The van der Waals surface area contributed by atoms with Crippen LogP contribution in [0.5, 0.6) is 0 Å². The molecule has 1 fully saturated rings. The van der Waals surface area contributed by atoms with Crippen molar-refractivity contribution in [3.05, 3.63) is 35.4 Å². The van der Waals surface area contributed by atoms with Gasteiger partial charge in [0.05, 0.1) is 19.2 Å². The van der Waals surface area contributed by atoms with Gasteiger partial charge in [-0.15, -0.1) is 0 Å². The second kappa shape index (κ2) is 7.12. The lowest BCUT2D eigenvalue weighted by Crippen LogP contribution is -2.50. The number of nitrogens with zero attached hydrogens (tertiary/aromatic N) is 2. The molecule has 0 spiro atoms. The molecule has 1 N–H and O–H groups in total. The van der Waals surface area contributed by atoms with Gasteiger partial charge in [0.15, 0.2) is 0 Å². The summed E-state index contributed by atoms with van der Waals surface area (Å²) in [6.07, 6.45) is -3.56. The van der Waals surface area contributed by atoms with Gasteiger partial charge >= 0.3 is 6.18 Å².